The van der Waals surface area contributed by atoms with Crippen molar-refractivity contribution in [2.75, 3.05) is 5.32 Å². The largest absolute Gasteiger partial charge is 0.380 e. The highest BCUT2D eigenvalue weighted by atomic mass is 79.9. The molecule has 76 valence electrons. The van der Waals surface area contributed by atoms with Gasteiger partial charge in [-0.1, -0.05) is 22.0 Å². The smallest absolute Gasteiger partial charge is 0.0388 e. The van der Waals surface area contributed by atoms with Gasteiger partial charge in [-0.15, -0.1) is 0 Å². The highest BCUT2D eigenvalue weighted by molar-refractivity contribution is 9.10. The SMILES string of the molecule is CC1(C)CCCc2c(Br)cccc2N1. The Morgan fingerprint density at radius 2 is 2.14 bits per heavy atom. The molecule has 0 saturated heterocycles. The summed E-state index contributed by atoms with van der Waals surface area (Å²) in [6.45, 7) is 4.53. The number of benzene rings is 1. The summed E-state index contributed by atoms with van der Waals surface area (Å²) in [5, 5.41) is 3.61. The molecule has 0 spiro atoms. The van der Waals surface area contributed by atoms with E-state index in [1.807, 2.05) is 0 Å². The molecule has 0 bridgehead atoms. The lowest BCUT2D eigenvalue weighted by Gasteiger charge is -2.25. The van der Waals surface area contributed by atoms with Gasteiger partial charge in [-0.3, -0.25) is 0 Å². The van der Waals surface area contributed by atoms with Crippen LogP contribution in [0.25, 0.3) is 0 Å². The Balaban J connectivity index is 2.42. The van der Waals surface area contributed by atoms with E-state index in [0.717, 1.165) is 0 Å². The van der Waals surface area contributed by atoms with Crippen LogP contribution in [0.5, 0.6) is 0 Å². The molecule has 0 unspecified atom stereocenters. The van der Waals surface area contributed by atoms with Crippen molar-refractivity contribution in [3.63, 3.8) is 0 Å². The maximum Gasteiger partial charge on any atom is 0.0388 e. The molecule has 0 aromatic heterocycles. The number of halogens is 1. The first kappa shape index (κ1) is 10.0. The topological polar surface area (TPSA) is 12.0 Å². The minimum atomic E-state index is 0.228. The first-order chi connectivity index (χ1) is 6.58. The van der Waals surface area contributed by atoms with Gasteiger partial charge in [0.15, 0.2) is 0 Å². The number of rotatable bonds is 0. The summed E-state index contributed by atoms with van der Waals surface area (Å²) in [6, 6.07) is 6.39. The predicted molar refractivity (Wildman–Crippen MR) is 64.8 cm³/mol. The van der Waals surface area contributed by atoms with Crippen LogP contribution in [0.2, 0.25) is 0 Å². The maximum atomic E-state index is 3.61. The summed E-state index contributed by atoms with van der Waals surface area (Å²) < 4.78 is 1.24. The fourth-order valence-electron chi connectivity index (χ4n) is 2.06. The van der Waals surface area contributed by atoms with Crippen LogP contribution in [-0.2, 0) is 6.42 Å². The minimum Gasteiger partial charge on any atom is -0.380 e. The van der Waals surface area contributed by atoms with Crippen LogP contribution in [-0.4, -0.2) is 5.54 Å². The normalized spacial score (nSPS) is 19.4. The van der Waals surface area contributed by atoms with Crippen LogP contribution in [0, 0.1) is 0 Å². The average molecular weight is 254 g/mol. The van der Waals surface area contributed by atoms with Crippen molar-refractivity contribution in [2.45, 2.75) is 38.6 Å². The summed E-state index contributed by atoms with van der Waals surface area (Å²) in [4.78, 5) is 0. The van der Waals surface area contributed by atoms with Crippen LogP contribution in [0.4, 0.5) is 5.69 Å². The van der Waals surface area contributed by atoms with E-state index < -0.39 is 0 Å². The zero-order valence-corrected chi connectivity index (χ0v) is 10.3. The number of nitrogens with one attached hydrogen (secondary N) is 1. The average Bonchev–Trinajstić information content (AvgIpc) is 2.23. The van der Waals surface area contributed by atoms with Gasteiger partial charge in [0.1, 0.15) is 0 Å². The highest BCUT2D eigenvalue weighted by Gasteiger charge is 2.22. The number of fused-ring (bicyclic) bond motifs is 1. The quantitative estimate of drug-likeness (QED) is 0.738. The molecule has 0 aliphatic carbocycles. The molecule has 1 nitrogen and oxygen atoms in total. The highest BCUT2D eigenvalue weighted by Crippen LogP contribution is 2.33. The van der Waals surface area contributed by atoms with Crippen LogP contribution in [0.3, 0.4) is 0 Å². The van der Waals surface area contributed by atoms with Crippen molar-refractivity contribution in [3.8, 4) is 0 Å². The van der Waals surface area contributed by atoms with Crippen LogP contribution < -0.4 is 5.32 Å². The van der Waals surface area contributed by atoms with Crippen LogP contribution in [0.15, 0.2) is 22.7 Å². The third kappa shape index (κ3) is 1.95. The standard InChI is InChI=1S/C12H16BrN/c1-12(2)8-4-5-9-10(13)6-3-7-11(9)14-12/h3,6-7,14H,4-5,8H2,1-2H3. The van der Waals surface area contributed by atoms with Gasteiger partial charge in [-0.05, 0) is 50.8 Å². The molecule has 2 heteroatoms. The molecule has 2 rings (SSSR count). The van der Waals surface area contributed by atoms with Crippen molar-refractivity contribution >= 4 is 21.6 Å². The molecular formula is C12H16BrN. The van der Waals surface area contributed by atoms with Gasteiger partial charge in [0.25, 0.3) is 0 Å². The molecule has 0 amide bonds. The number of anilines is 1. The van der Waals surface area contributed by atoms with Gasteiger partial charge < -0.3 is 5.32 Å². The zero-order valence-electron chi connectivity index (χ0n) is 8.73. The van der Waals surface area contributed by atoms with Crippen molar-refractivity contribution in [3.05, 3.63) is 28.2 Å². The predicted octanol–water partition coefficient (Wildman–Crippen LogP) is 3.98. The molecule has 1 N–H and O–H groups in total. The van der Waals surface area contributed by atoms with E-state index in [9.17, 15) is 0 Å². The molecule has 0 atom stereocenters. The van der Waals surface area contributed by atoms with E-state index in [4.69, 9.17) is 0 Å². The van der Waals surface area contributed by atoms with Gasteiger partial charge in [-0.25, -0.2) is 0 Å². The van der Waals surface area contributed by atoms with E-state index in [1.54, 1.807) is 0 Å². The van der Waals surface area contributed by atoms with Crippen LogP contribution >= 0.6 is 15.9 Å². The van der Waals surface area contributed by atoms with Crippen molar-refractivity contribution in [2.24, 2.45) is 0 Å². The Bertz CT molecular complexity index is 344. The van der Waals surface area contributed by atoms with Crippen LogP contribution in [0.1, 0.15) is 32.3 Å². The summed E-state index contributed by atoms with van der Waals surface area (Å²) in [6.07, 6.45) is 3.66. The van der Waals surface area contributed by atoms with Crippen molar-refractivity contribution in [1.29, 1.82) is 0 Å². The van der Waals surface area contributed by atoms with E-state index in [2.05, 4.69) is 53.3 Å². The first-order valence-electron chi connectivity index (χ1n) is 5.14. The zero-order chi connectivity index (χ0) is 10.2. The van der Waals surface area contributed by atoms with Gasteiger partial charge in [0.2, 0.25) is 0 Å². The molecule has 14 heavy (non-hydrogen) atoms. The molecule has 1 aromatic rings. The fourth-order valence-corrected chi connectivity index (χ4v) is 2.63. The Kier molecular flexibility index (Phi) is 2.56. The lowest BCUT2D eigenvalue weighted by atomic mass is 9.99. The van der Waals surface area contributed by atoms with Crippen molar-refractivity contribution in [1.82, 2.24) is 0 Å². The summed E-state index contributed by atoms with van der Waals surface area (Å²) in [5.74, 6) is 0. The molecule has 1 aliphatic rings. The summed E-state index contributed by atoms with van der Waals surface area (Å²) in [5.41, 5.74) is 2.95. The molecule has 1 aromatic carbocycles. The molecule has 0 fully saturated rings. The first-order valence-corrected chi connectivity index (χ1v) is 5.93. The lowest BCUT2D eigenvalue weighted by Crippen LogP contribution is -2.29. The minimum absolute atomic E-state index is 0.228. The molecule has 0 radical (unpaired) electrons. The van der Waals surface area contributed by atoms with E-state index >= 15 is 0 Å². The lowest BCUT2D eigenvalue weighted by molar-refractivity contribution is 0.508. The summed E-state index contributed by atoms with van der Waals surface area (Å²) in [7, 11) is 0. The Morgan fingerprint density at radius 3 is 2.93 bits per heavy atom. The monoisotopic (exact) mass is 253 g/mol. The third-order valence-corrected chi connectivity index (χ3v) is 3.56. The molecule has 1 heterocycles. The van der Waals surface area contributed by atoms with Gasteiger partial charge in [0, 0.05) is 15.7 Å². The molecule has 0 saturated carbocycles. The second-order valence-electron chi connectivity index (χ2n) is 4.63. The Morgan fingerprint density at radius 1 is 1.36 bits per heavy atom. The maximum absolute atomic E-state index is 3.61. The van der Waals surface area contributed by atoms with E-state index in [1.165, 1.54) is 35.0 Å². The van der Waals surface area contributed by atoms with E-state index in [-0.39, 0.29) is 5.54 Å². The van der Waals surface area contributed by atoms with Gasteiger partial charge in [-0.2, -0.15) is 0 Å². The fraction of sp³-hybridized carbons (Fsp3) is 0.500. The van der Waals surface area contributed by atoms with Gasteiger partial charge in [0.05, 0.1) is 0 Å². The number of hydrogen-bond acceptors (Lipinski definition) is 1. The summed E-state index contributed by atoms with van der Waals surface area (Å²) >= 11 is 3.61. The van der Waals surface area contributed by atoms with Crippen molar-refractivity contribution < 1.29 is 0 Å². The Labute approximate surface area is 94.0 Å². The Hall–Kier alpha value is -0.500. The van der Waals surface area contributed by atoms with E-state index in [0.29, 0.717) is 0 Å². The molecule has 1 aliphatic heterocycles. The molecular weight excluding hydrogens is 238 g/mol. The second-order valence-corrected chi connectivity index (χ2v) is 5.48. The second kappa shape index (κ2) is 3.58. The van der Waals surface area contributed by atoms with Gasteiger partial charge >= 0.3 is 0 Å². The number of hydrogen-bond donors (Lipinski definition) is 1. The third-order valence-electron chi connectivity index (χ3n) is 2.82.